The molecule has 3 nitrogen and oxygen atoms in total. The molecule has 3 heteroatoms. The molecule has 0 aliphatic carbocycles. The average molecular weight is 276 g/mol. The van der Waals surface area contributed by atoms with Crippen molar-refractivity contribution in [2.45, 2.75) is 58.2 Å². The molecule has 2 N–H and O–H groups in total. The van der Waals surface area contributed by atoms with Gasteiger partial charge in [-0.15, -0.1) is 0 Å². The van der Waals surface area contributed by atoms with Crippen LogP contribution in [-0.4, -0.2) is 29.6 Å². The Morgan fingerprint density at radius 3 is 2.75 bits per heavy atom. The van der Waals surface area contributed by atoms with Gasteiger partial charge in [-0.3, -0.25) is 4.90 Å². The van der Waals surface area contributed by atoms with E-state index in [4.69, 9.17) is 10.5 Å². The van der Waals surface area contributed by atoms with Gasteiger partial charge in [0.15, 0.2) is 0 Å². The van der Waals surface area contributed by atoms with Gasteiger partial charge in [0.05, 0.1) is 12.6 Å². The molecule has 0 spiro atoms. The topological polar surface area (TPSA) is 38.5 Å². The summed E-state index contributed by atoms with van der Waals surface area (Å²) in [5.74, 6) is 0.956. The van der Waals surface area contributed by atoms with Crippen LogP contribution in [0.4, 0.5) is 0 Å². The highest BCUT2D eigenvalue weighted by Gasteiger charge is 2.38. The number of hydrogen-bond donors (Lipinski definition) is 1. The predicted octanol–water partition coefficient (Wildman–Crippen LogP) is 3.35. The highest BCUT2D eigenvalue weighted by molar-refractivity contribution is 5.32. The fourth-order valence-electron chi connectivity index (χ4n) is 3.00. The Morgan fingerprint density at radius 2 is 2.10 bits per heavy atom. The number of rotatable bonds is 4. The quantitative estimate of drug-likeness (QED) is 0.916. The standard InChI is InChI=1S/C17H28N2O/c1-5-11-20-14-8-6-7-13(12-14)16-15(18)9-10-19(16)17(2,3)4/h6-8,12,15-16H,5,9-11,18H2,1-4H3. The van der Waals surface area contributed by atoms with Crippen LogP contribution >= 0.6 is 0 Å². The molecule has 0 amide bonds. The maximum Gasteiger partial charge on any atom is 0.119 e. The first-order chi connectivity index (χ1) is 9.43. The third-order valence-electron chi connectivity index (χ3n) is 3.98. The third-order valence-corrected chi connectivity index (χ3v) is 3.98. The predicted molar refractivity (Wildman–Crippen MR) is 84.0 cm³/mol. The number of nitrogens with two attached hydrogens (primary N) is 1. The smallest absolute Gasteiger partial charge is 0.119 e. The molecule has 20 heavy (non-hydrogen) atoms. The van der Waals surface area contributed by atoms with Gasteiger partial charge in [0, 0.05) is 18.1 Å². The van der Waals surface area contributed by atoms with Crippen molar-refractivity contribution in [1.82, 2.24) is 4.90 Å². The second kappa shape index (κ2) is 6.15. The van der Waals surface area contributed by atoms with Crippen molar-refractivity contribution in [1.29, 1.82) is 0 Å². The lowest BCUT2D eigenvalue weighted by Crippen LogP contribution is -2.43. The zero-order valence-corrected chi connectivity index (χ0v) is 13.2. The highest BCUT2D eigenvalue weighted by atomic mass is 16.5. The zero-order chi connectivity index (χ0) is 14.8. The van der Waals surface area contributed by atoms with Crippen LogP contribution in [0.3, 0.4) is 0 Å². The summed E-state index contributed by atoms with van der Waals surface area (Å²) < 4.78 is 5.75. The molecule has 1 fully saturated rings. The second-order valence-corrected chi connectivity index (χ2v) is 6.68. The Bertz CT molecular complexity index is 439. The van der Waals surface area contributed by atoms with E-state index in [1.165, 1.54) is 5.56 Å². The fraction of sp³-hybridized carbons (Fsp3) is 0.647. The van der Waals surface area contributed by atoms with Gasteiger partial charge in [-0.1, -0.05) is 19.1 Å². The lowest BCUT2D eigenvalue weighted by atomic mass is 9.97. The largest absolute Gasteiger partial charge is 0.494 e. The van der Waals surface area contributed by atoms with Crippen LogP contribution < -0.4 is 10.5 Å². The Hall–Kier alpha value is -1.06. The van der Waals surface area contributed by atoms with Crippen LogP contribution in [-0.2, 0) is 0 Å². The maximum atomic E-state index is 6.37. The van der Waals surface area contributed by atoms with E-state index in [2.05, 4.69) is 50.8 Å². The molecule has 1 saturated heterocycles. The van der Waals surface area contributed by atoms with Gasteiger partial charge in [0.2, 0.25) is 0 Å². The third kappa shape index (κ3) is 3.33. The van der Waals surface area contributed by atoms with Gasteiger partial charge in [0.1, 0.15) is 5.75 Å². The Balaban J connectivity index is 2.24. The summed E-state index contributed by atoms with van der Waals surface area (Å²) in [4.78, 5) is 2.51. The van der Waals surface area contributed by atoms with E-state index >= 15 is 0 Å². The molecule has 1 aromatic carbocycles. The van der Waals surface area contributed by atoms with Crippen molar-refractivity contribution in [3.05, 3.63) is 29.8 Å². The highest BCUT2D eigenvalue weighted by Crippen LogP contribution is 2.37. The van der Waals surface area contributed by atoms with E-state index in [9.17, 15) is 0 Å². The number of likely N-dealkylation sites (tertiary alicyclic amines) is 1. The second-order valence-electron chi connectivity index (χ2n) is 6.68. The minimum Gasteiger partial charge on any atom is -0.494 e. The molecule has 1 aliphatic heterocycles. The zero-order valence-electron chi connectivity index (χ0n) is 13.2. The molecular weight excluding hydrogens is 248 g/mol. The number of hydrogen-bond acceptors (Lipinski definition) is 3. The molecule has 0 saturated carbocycles. The Kier molecular flexibility index (Phi) is 4.71. The SMILES string of the molecule is CCCOc1cccc(C2C(N)CCN2C(C)(C)C)c1. The lowest BCUT2D eigenvalue weighted by molar-refractivity contribution is 0.117. The number of benzene rings is 1. The van der Waals surface area contributed by atoms with Crippen molar-refractivity contribution in [3.8, 4) is 5.75 Å². The van der Waals surface area contributed by atoms with E-state index in [1.807, 2.05) is 6.07 Å². The lowest BCUT2D eigenvalue weighted by Gasteiger charge is -2.38. The summed E-state index contributed by atoms with van der Waals surface area (Å²) in [7, 11) is 0. The van der Waals surface area contributed by atoms with Crippen LogP contribution in [0.5, 0.6) is 5.75 Å². The maximum absolute atomic E-state index is 6.37. The van der Waals surface area contributed by atoms with Crippen molar-refractivity contribution >= 4 is 0 Å². The summed E-state index contributed by atoms with van der Waals surface area (Å²) in [6.45, 7) is 10.7. The van der Waals surface area contributed by atoms with Gasteiger partial charge < -0.3 is 10.5 Å². The van der Waals surface area contributed by atoms with Crippen LogP contribution in [0.2, 0.25) is 0 Å². The summed E-state index contributed by atoms with van der Waals surface area (Å²) in [6, 6.07) is 8.93. The summed E-state index contributed by atoms with van der Waals surface area (Å²) in [5.41, 5.74) is 7.78. The first kappa shape index (κ1) is 15.3. The first-order valence-corrected chi connectivity index (χ1v) is 7.68. The fourth-order valence-corrected chi connectivity index (χ4v) is 3.00. The summed E-state index contributed by atoms with van der Waals surface area (Å²) in [5, 5.41) is 0. The molecule has 112 valence electrons. The molecular formula is C17H28N2O. The van der Waals surface area contributed by atoms with Crippen LogP contribution in [0, 0.1) is 0 Å². The van der Waals surface area contributed by atoms with Gasteiger partial charge in [-0.05, 0) is 51.3 Å². The van der Waals surface area contributed by atoms with Crippen molar-refractivity contribution in [3.63, 3.8) is 0 Å². The molecule has 2 atom stereocenters. The van der Waals surface area contributed by atoms with E-state index in [1.54, 1.807) is 0 Å². The molecule has 0 aromatic heterocycles. The van der Waals surface area contributed by atoms with Gasteiger partial charge in [-0.2, -0.15) is 0 Å². The van der Waals surface area contributed by atoms with E-state index < -0.39 is 0 Å². The molecule has 2 unspecified atom stereocenters. The minimum absolute atomic E-state index is 0.138. The summed E-state index contributed by atoms with van der Waals surface area (Å²) in [6.07, 6.45) is 2.09. The monoisotopic (exact) mass is 276 g/mol. The molecule has 1 aliphatic rings. The van der Waals surface area contributed by atoms with Crippen LogP contribution in [0.15, 0.2) is 24.3 Å². The minimum atomic E-state index is 0.138. The number of nitrogens with zero attached hydrogens (tertiary/aromatic N) is 1. The Labute approximate surface area is 123 Å². The average Bonchev–Trinajstić information content (AvgIpc) is 2.78. The van der Waals surface area contributed by atoms with E-state index in [0.29, 0.717) is 6.04 Å². The van der Waals surface area contributed by atoms with E-state index in [-0.39, 0.29) is 11.6 Å². The van der Waals surface area contributed by atoms with Gasteiger partial charge in [0.25, 0.3) is 0 Å². The van der Waals surface area contributed by atoms with E-state index in [0.717, 1.165) is 31.7 Å². The summed E-state index contributed by atoms with van der Waals surface area (Å²) >= 11 is 0. The molecule has 2 rings (SSSR count). The van der Waals surface area contributed by atoms with Crippen molar-refractivity contribution < 1.29 is 4.74 Å². The van der Waals surface area contributed by atoms with Crippen LogP contribution in [0.25, 0.3) is 0 Å². The molecule has 0 radical (unpaired) electrons. The van der Waals surface area contributed by atoms with Crippen molar-refractivity contribution in [2.24, 2.45) is 5.73 Å². The normalized spacial score (nSPS) is 24.1. The molecule has 1 heterocycles. The number of ether oxygens (including phenoxy) is 1. The first-order valence-electron chi connectivity index (χ1n) is 7.68. The Morgan fingerprint density at radius 1 is 1.35 bits per heavy atom. The molecule has 1 aromatic rings. The van der Waals surface area contributed by atoms with Crippen molar-refractivity contribution in [2.75, 3.05) is 13.2 Å². The van der Waals surface area contributed by atoms with Gasteiger partial charge >= 0.3 is 0 Å². The van der Waals surface area contributed by atoms with Gasteiger partial charge in [-0.25, -0.2) is 0 Å². The van der Waals surface area contributed by atoms with Crippen LogP contribution in [0.1, 0.15) is 52.1 Å². The molecule has 0 bridgehead atoms.